The molecule has 0 aromatic heterocycles. The minimum atomic E-state index is -0.327. The van der Waals surface area contributed by atoms with Crippen molar-refractivity contribution in [2.24, 2.45) is 0 Å². The van der Waals surface area contributed by atoms with E-state index in [1.165, 1.54) is 0 Å². The van der Waals surface area contributed by atoms with Crippen molar-refractivity contribution in [1.82, 2.24) is 10.2 Å². The number of rotatable bonds is 4. The van der Waals surface area contributed by atoms with Crippen molar-refractivity contribution in [2.75, 3.05) is 19.7 Å². The third-order valence-electron chi connectivity index (χ3n) is 4.18. The predicted octanol–water partition coefficient (Wildman–Crippen LogP) is 0.892. The molecular formula is C13H24N2O2. The average Bonchev–Trinajstić information content (AvgIpc) is 2.97. The molecule has 0 saturated carbocycles. The molecular weight excluding hydrogens is 216 g/mol. The summed E-state index contributed by atoms with van der Waals surface area (Å²) in [5.74, 6) is 0.230. The van der Waals surface area contributed by atoms with Crippen LogP contribution in [-0.4, -0.2) is 47.2 Å². The van der Waals surface area contributed by atoms with Gasteiger partial charge in [-0.2, -0.15) is 0 Å². The summed E-state index contributed by atoms with van der Waals surface area (Å²) in [6, 6.07) is 0.0543. The lowest BCUT2D eigenvalue weighted by atomic mass is 9.90. The van der Waals surface area contributed by atoms with Crippen LogP contribution >= 0.6 is 0 Å². The molecule has 2 atom stereocenters. The van der Waals surface area contributed by atoms with E-state index in [-0.39, 0.29) is 24.1 Å². The number of carbonyl (C=O) groups is 1. The minimum Gasteiger partial charge on any atom is -0.394 e. The fraction of sp³-hybridized carbons (Fsp3) is 0.923. The molecule has 2 aliphatic heterocycles. The molecule has 0 bridgehead atoms. The van der Waals surface area contributed by atoms with Crippen LogP contribution in [0.25, 0.3) is 0 Å². The summed E-state index contributed by atoms with van der Waals surface area (Å²) in [5, 5.41) is 12.7. The molecule has 98 valence electrons. The maximum absolute atomic E-state index is 12.7. The van der Waals surface area contributed by atoms with E-state index in [0.29, 0.717) is 0 Å². The summed E-state index contributed by atoms with van der Waals surface area (Å²) in [6.45, 7) is 4.00. The van der Waals surface area contributed by atoms with Gasteiger partial charge in [-0.3, -0.25) is 4.79 Å². The fourth-order valence-corrected chi connectivity index (χ4v) is 3.30. The number of hydrogen-bond acceptors (Lipinski definition) is 3. The predicted molar refractivity (Wildman–Crippen MR) is 66.7 cm³/mol. The normalized spacial score (nSPS) is 33.3. The number of hydrogen-bond donors (Lipinski definition) is 2. The molecule has 4 nitrogen and oxygen atoms in total. The first-order chi connectivity index (χ1) is 8.23. The zero-order valence-corrected chi connectivity index (χ0v) is 10.7. The third-order valence-corrected chi connectivity index (χ3v) is 4.18. The number of nitrogens with one attached hydrogen (secondary N) is 1. The lowest BCUT2D eigenvalue weighted by Gasteiger charge is -2.35. The van der Waals surface area contributed by atoms with Crippen LogP contribution < -0.4 is 5.32 Å². The lowest BCUT2D eigenvalue weighted by Crippen LogP contribution is -2.56. The maximum atomic E-state index is 12.7. The number of likely N-dealkylation sites (tertiary alicyclic amines) is 1. The molecule has 2 rings (SSSR count). The summed E-state index contributed by atoms with van der Waals surface area (Å²) in [4.78, 5) is 14.6. The smallest absolute Gasteiger partial charge is 0.243 e. The Morgan fingerprint density at radius 2 is 2.35 bits per heavy atom. The van der Waals surface area contributed by atoms with Crippen LogP contribution in [0.1, 0.15) is 45.4 Å². The van der Waals surface area contributed by atoms with Gasteiger partial charge in [0.1, 0.15) is 0 Å². The van der Waals surface area contributed by atoms with Gasteiger partial charge < -0.3 is 15.3 Å². The van der Waals surface area contributed by atoms with Crippen molar-refractivity contribution in [3.63, 3.8) is 0 Å². The largest absolute Gasteiger partial charge is 0.394 e. The van der Waals surface area contributed by atoms with Gasteiger partial charge in [-0.15, -0.1) is 0 Å². The summed E-state index contributed by atoms with van der Waals surface area (Å²) < 4.78 is 0. The molecule has 17 heavy (non-hydrogen) atoms. The van der Waals surface area contributed by atoms with Gasteiger partial charge >= 0.3 is 0 Å². The van der Waals surface area contributed by atoms with E-state index in [1.54, 1.807) is 0 Å². The van der Waals surface area contributed by atoms with Crippen LogP contribution in [0, 0.1) is 0 Å². The Morgan fingerprint density at radius 3 is 2.94 bits per heavy atom. The van der Waals surface area contributed by atoms with Gasteiger partial charge in [-0.25, -0.2) is 0 Å². The van der Waals surface area contributed by atoms with E-state index in [9.17, 15) is 9.90 Å². The van der Waals surface area contributed by atoms with Crippen molar-refractivity contribution in [3.05, 3.63) is 0 Å². The van der Waals surface area contributed by atoms with E-state index >= 15 is 0 Å². The molecule has 0 radical (unpaired) electrons. The zero-order chi connectivity index (χ0) is 12.3. The Balaban J connectivity index is 2.10. The van der Waals surface area contributed by atoms with E-state index in [4.69, 9.17) is 0 Å². The van der Waals surface area contributed by atoms with E-state index in [1.807, 2.05) is 4.90 Å². The summed E-state index contributed by atoms with van der Waals surface area (Å²) in [7, 11) is 0. The van der Waals surface area contributed by atoms with Crippen LogP contribution in [-0.2, 0) is 4.79 Å². The Hall–Kier alpha value is -0.610. The molecule has 0 aliphatic carbocycles. The summed E-state index contributed by atoms with van der Waals surface area (Å²) >= 11 is 0. The molecule has 0 aromatic rings. The Kier molecular flexibility index (Phi) is 4.05. The van der Waals surface area contributed by atoms with Crippen LogP contribution in [0.4, 0.5) is 0 Å². The second-order valence-corrected chi connectivity index (χ2v) is 5.34. The van der Waals surface area contributed by atoms with Crippen LogP contribution in [0.5, 0.6) is 0 Å². The lowest BCUT2D eigenvalue weighted by molar-refractivity contribution is -0.139. The van der Waals surface area contributed by atoms with Crippen LogP contribution in [0.2, 0.25) is 0 Å². The zero-order valence-electron chi connectivity index (χ0n) is 10.7. The number of aliphatic hydroxyl groups is 1. The van der Waals surface area contributed by atoms with E-state index in [2.05, 4.69) is 12.2 Å². The molecule has 2 saturated heterocycles. The van der Waals surface area contributed by atoms with Gasteiger partial charge in [0.25, 0.3) is 0 Å². The first kappa shape index (κ1) is 12.8. The molecule has 0 spiro atoms. The van der Waals surface area contributed by atoms with Gasteiger partial charge in [0, 0.05) is 6.54 Å². The third kappa shape index (κ3) is 2.33. The van der Waals surface area contributed by atoms with Crippen LogP contribution in [0.3, 0.4) is 0 Å². The number of carbonyl (C=O) groups excluding carboxylic acids is 1. The van der Waals surface area contributed by atoms with Crippen LogP contribution in [0.15, 0.2) is 0 Å². The summed E-state index contributed by atoms with van der Waals surface area (Å²) in [6.07, 6.45) is 5.96. The van der Waals surface area contributed by atoms with E-state index in [0.717, 1.165) is 51.6 Å². The molecule has 4 heteroatoms. The SMILES string of the molecule is CCCC1(C(=O)N2CCC[C@H]2CO)CCCN1. The molecule has 2 aliphatic rings. The standard InChI is InChI=1S/C13H24N2O2/c1-2-6-13(7-4-8-14-13)12(17)15-9-3-5-11(15)10-16/h11,14,16H,2-10H2,1H3/t11-,13?/m0/s1. The molecule has 2 heterocycles. The molecule has 1 unspecified atom stereocenters. The fourth-order valence-electron chi connectivity index (χ4n) is 3.30. The highest BCUT2D eigenvalue weighted by atomic mass is 16.3. The maximum Gasteiger partial charge on any atom is 0.243 e. The highest BCUT2D eigenvalue weighted by Crippen LogP contribution is 2.30. The van der Waals surface area contributed by atoms with Crippen molar-refractivity contribution >= 4 is 5.91 Å². The molecule has 2 N–H and O–H groups in total. The van der Waals surface area contributed by atoms with Gasteiger partial charge in [0.05, 0.1) is 18.2 Å². The molecule has 1 amide bonds. The van der Waals surface area contributed by atoms with Crippen molar-refractivity contribution in [1.29, 1.82) is 0 Å². The van der Waals surface area contributed by atoms with Crippen molar-refractivity contribution in [2.45, 2.75) is 57.0 Å². The Bertz CT molecular complexity index is 275. The second-order valence-electron chi connectivity index (χ2n) is 5.34. The first-order valence-electron chi connectivity index (χ1n) is 6.90. The van der Waals surface area contributed by atoms with Gasteiger partial charge in [-0.05, 0) is 38.6 Å². The first-order valence-corrected chi connectivity index (χ1v) is 6.90. The average molecular weight is 240 g/mol. The molecule has 2 fully saturated rings. The Labute approximate surface area is 103 Å². The highest BCUT2D eigenvalue weighted by molar-refractivity contribution is 5.87. The van der Waals surface area contributed by atoms with Crippen molar-refractivity contribution in [3.8, 4) is 0 Å². The van der Waals surface area contributed by atoms with Gasteiger partial charge in [-0.1, -0.05) is 13.3 Å². The van der Waals surface area contributed by atoms with Crippen molar-refractivity contribution < 1.29 is 9.90 Å². The second kappa shape index (κ2) is 5.36. The van der Waals surface area contributed by atoms with E-state index < -0.39 is 0 Å². The Morgan fingerprint density at radius 1 is 1.53 bits per heavy atom. The topological polar surface area (TPSA) is 52.6 Å². The monoisotopic (exact) mass is 240 g/mol. The number of amides is 1. The number of aliphatic hydroxyl groups excluding tert-OH is 1. The van der Waals surface area contributed by atoms with Gasteiger partial charge in [0.2, 0.25) is 5.91 Å². The quantitative estimate of drug-likeness (QED) is 0.767. The molecule has 0 aromatic carbocycles. The van der Waals surface area contributed by atoms with Gasteiger partial charge in [0.15, 0.2) is 0 Å². The highest BCUT2D eigenvalue weighted by Gasteiger charge is 2.44. The number of nitrogens with zero attached hydrogens (tertiary/aromatic N) is 1. The summed E-state index contributed by atoms with van der Waals surface area (Å²) in [5.41, 5.74) is -0.327. The minimum absolute atomic E-state index is 0.0543.